The van der Waals surface area contributed by atoms with Gasteiger partial charge in [-0.15, -0.1) is 0 Å². The number of nitrogens with two attached hydrogens (primary N) is 2. The number of hydrogen-bond acceptors (Lipinski definition) is 7. The smallest absolute Gasteiger partial charge is 0.387 e. The van der Waals surface area contributed by atoms with Crippen LogP contribution in [0.1, 0.15) is 27.7 Å². The Morgan fingerprint density at radius 3 is 2.63 bits per heavy atom. The van der Waals surface area contributed by atoms with Crippen LogP contribution in [-0.4, -0.2) is 36.3 Å². The van der Waals surface area contributed by atoms with Crippen LogP contribution in [0.25, 0.3) is 11.1 Å². The molecule has 0 bridgehead atoms. The number of carbonyl (C=O) groups is 1. The maximum absolute atomic E-state index is 15.5. The molecule has 5 N–H and O–H groups in total. The van der Waals surface area contributed by atoms with Crippen molar-refractivity contribution in [3.63, 3.8) is 0 Å². The van der Waals surface area contributed by atoms with Crippen LogP contribution in [0.5, 0.6) is 17.4 Å². The number of aliphatic hydroxyl groups is 1. The molecule has 0 saturated heterocycles. The summed E-state index contributed by atoms with van der Waals surface area (Å²) >= 11 is 6.40. The fraction of sp³-hybridized carbons (Fsp3) is 0.217. The molecule has 35 heavy (non-hydrogen) atoms. The number of ether oxygens (including phenoxy) is 3. The molecule has 8 nitrogen and oxygen atoms in total. The van der Waals surface area contributed by atoms with Gasteiger partial charge in [-0.05, 0) is 30.3 Å². The molecule has 1 aromatic heterocycles. The summed E-state index contributed by atoms with van der Waals surface area (Å²) < 4.78 is 56.7. The molecule has 0 radical (unpaired) electrons. The number of rotatable bonds is 7. The predicted molar refractivity (Wildman–Crippen MR) is 119 cm³/mol. The van der Waals surface area contributed by atoms with Gasteiger partial charge in [0, 0.05) is 34.3 Å². The van der Waals surface area contributed by atoms with E-state index in [2.05, 4.69) is 9.72 Å². The summed E-state index contributed by atoms with van der Waals surface area (Å²) in [6, 6.07) is 9.37. The zero-order chi connectivity index (χ0) is 25.5. The van der Waals surface area contributed by atoms with Crippen molar-refractivity contribution in [3.05, 3.63) is 70.1 Å². The van der Waals surface area contributed by atoms with E-state index in [1.165, 1.54) is 19.2 Å². The molecule has 3 aromatic rings. The number of carbonyl (C=O) groups excluding carboxylic acids is 1. The summed E-state index contributed by atoms with van der Waals surface area (Å²) in [5, 5.41) is 11.4. The van der Waals surface area contributed by atoms with Crippen molar-refractivity contribution in [2.75, 3.05) is 13.7 Å². The number of primary amides is 1. The molecule has 0 spiro atoms. The monoisotopic (exact) mass is 509 g/mol. The van der Waals surface area contributed by atoms with Gasteiger partial charge < -0.3 is 30.8 Å². The first-order valence-corrected chi connectivity index (χ1v) is 10.5. The third kappa shape index (κ3) is 4.01. The van der Waals surface area contributed by atoms with Crippen LogP contribution >= 0.6 is 11.6 Å². The number of alkyl halides is 2. The van der Waals surface area contributed by atoms with Gasteiger partial charge in [0.1, 0.15) is 11.9 Å². The highest BCUT2D eigenvalue weighted by Crippen LogP contribution is 2.54. The van der Waals surface area contributed by atoms with Gasteiger partial charge in [-0.1, -0.05) is 17.7 Å². The quantitative estimate of drug-likeness (QED) is 0.444. The van der Waals surface area contributed by atoms with Crippen molar-refractivity contribution < 1.29 is 37.3 Å². The highest BCUT2D eigenvalue weighted by atomic mass is 35.5. The summed E-state index contributed by atoms with van der Waals surface area (Å²) in [4.78, 5) is 16.4. The second kappa shape index (κ2) is 9.25. The van der Waals surface area contributed by atoms with Crippen LogP contribution in [0.2, 0.25) is 5.02 Å². The minimum atomic E-state index is -3.34. The van der Waals surface area contributed by atoms with Crippen LogP contribution in [0.3, 0.4) is 0 Å². The van der Waals surface area contributed by atoms with E-state index in [-0.39, 0.29) is 45.6 Å². The van der Waals surface area contributed by atoms with Crippen LogP contribution in [-0.2, 0) is 5.60 Å². The largest absolute Gasteiger partial charge is 0.481 e. The molecule has 0 aliphatic carbocycles. The van der Waals surface area contributed by atoms with E-state index >= 15 is 4.39 Å². The van der Waals surface area contributed by atoms with Gasteiger partial charge in [0.25, 0.3) is 0 Å². The summed E-state index contributed by atoms with van der Waals surface area (Å²) in [6.45, 7) is -3.62. The lowest BCUT2D eigenvalue weighted by atomic mass is 9.85. The van der Waals surface area contributed by atoms with E-state index < -0.39 is 41.4 Å². The van der Waals surface area contributed by atoms with E-state index in [4.69, 9.17) is 32.5 Å². The molecule has 184 valence electrons. The summed E-state index contributed by atoms with van der Waals surface area (Å²) in [5.74, 6) is -2.96. The normalized spacial score (nSPS) is 18.8. The maximum atomic E-state index is 15.5. The highest BCUT2D eigenvalue weighted by Gasteiger charge is 2.51. The second-order valence-corrected chi connectivity index (χ2v) is 7.95. The Morgan fingerprint density at radius 1 is 1.26 bits per heavy atom. The molecule has 1 aliphatic rings. The Bertz CT molecular complexity index is 1310. The van der Waals surface area contributed by atoms with Gasteiger partial charge in [0.05, 0.1) is 18.4 Å². The van der Waals surface area contributed by atoms with Gasteiger partial charge in [-0.2, -0.15) is 8.78 Å². The molecule has 1 amide bonds. The van der Waals surface area contributed by atoms with Crippen molar-refractivity contribution >= 4 is 17.5 Å². The Kier molecular flexibility index (Phi) is 6.50. The third-order valence-electron chi connectivity index (χ3n) is 5.67. The molecular weight excluding hydrogens is 491 g/mol. The first-order valence-electron chi connectivity index (χ1n) is 10.1. The minimum absolute atomic E-state index is 0.0387. The number of nitrogens with zero attached hydrogens (tertiary/aromatic N) is 1. The SMILES string of the molecule is COc1cccc(C2(CN)Oc3ccc(Cl)c(-c4c(C(N)=O)ccc(OC(F)F)c4F)c3C2O)n1. The Balaban J connectivity index is 1.98. The average molecular weight is 510 g/mol. The van der Waals surface area contributed by atoms with Crippen molar-refractivity contribution in [2.45, 2.75) is 18.3 Å². The summed E-state index contributed by atoms with van der Waals surface area (Å²) in [6.07, 6.45) is -1.57. The molecule has 12 heteroatoms. The molecule has 2 atom stereocenters. The van der Waals surface area contributed by atoms with Gasteiger partial charge in [0.2, 0.25) is 11.8 Å². The van der Waals surface area contributed by atoms with E-state index in [1.54, 1.807) is 18.2 Å². The zero-order valence-corrected chi connectivity index (χ0v) is 18.9. The fourth-order valence-electron chi connectivity index (χ4n) is 4.08. The van der Waals surface area contributed by atoms with E-state index in [1.807, 2.05) is 0 Å². The number of methoxy groups -OCH3 is 1. The molecule has 0 fully saturated rings. The van der Waals surface area contributed by atoms with E-state index in [9.17, 15) is 18.7 Å². The molecule has 2 aromatic carbocycles. The standard InChI is InChI=1S/C23H19ClF3N3O5/c1-33-15-4-2-3-14(30-15)23(9-28)20(31)18-12(35-23)8-6-11(24)17(18)16-10(21(29)32)5-7-13(19(16)25)34-22(26)27/h2-8,20,22,31H,9,28H2,1H3,(H2,29,32). The lowest BCUT2D eigenvalue weighted by Crippen LogP contribution is -2.43. The number of fused-ring (bicyclic) bond motifs is 1. The Hall–Kier alpha value is -3.54. The van der Waals surface area contributed by atoms with Gasteiger partial charge in [-0.25, -0.2) is 9.37 Å². The van der Waals surface area contributed by atoms with Crippen molar-refractivity contribution in [3.8, 4) is 28.5 Å². The number of amides is 1. The van der Waals surface area contributed by atoms with Crippen LogP contribution in [0, 0.1) is 5.82 Å². The molecule has 0 saturated carbocycles. The first-order chi connectivity index (χ1) is 16.6. The molecular formula is C23H19ClF3N3O5. The fourth-order valence-corrected chi connectivity index (χ4v) is 4.34. The van der Waals surface area contributed by atoms with Crippen molar-refractivity contribution in [2.24, 2.45) is 11.5 Å². The van der Waals surface area contributed by atoms with E-state index in [0.29, 0.717) is 0 Å². The van der Waals surface area contributed by atoms with Crippen molar-refractivity contribution in [1.29, 1.82) is 0 Å². The van der Waals surface area contributed by atoms with Crippen LogP contribution in [0.15, 0.2) is 42.5 Å². The number of pyridine rings is 1. The van der Waals surface area contributed by atoms with Crippen LogP contribution in [0.4, 0.5) is 13.2 Å². The van der Waals surface area contributed by atoms with Crippen LogP contribution < -0.4 is 25.7 Å². The predicted octanol–water partition coefficient (Wildman–Crippen LogP) is 3.53. The molecule has 1 aliphatic heterocycles. The summed E-state index contributed by atoms with van der Waals surface area (Å²) in [7, 11) is 1.41. The second-order valence-electron chi connectivity index (χ2n) is 7.54. The first kappa shape index (κ1) is 24.6. The average Bonchev–Trinajstić information content (AvgIpc) is 3.13. The molecule has 4 rings (SSSR count). The van der Waals surface area contributed by atoms with E-state index in [0.717, 1.165) is 12.1 Å². The van der Waals surface area contributed by atoms with Gasteiger partial charge >= 0.3 is 6.61 Å². The minimum Gasteiger partial charge on any atom is -0.481 e. The number of benzene rings is 2. The molecule has 2 unspecified atom stereocenters. The number of aromatic nitrogens is 1. The lowest BCUT2D eigenvalue weighted by Gasteiger charge is -2.30. The number of halogens is 4. The highest BCUT2D eigenvalue weighted by molar-refractivity contribution is 6.34. The maximum Gasteiger partial charge on any atom is 0.387 e. The Labute approximate surface area is 202 Å². The van der Waals surface area contributed by atoms with Gasteiger partial charge in [0.15, 0.2) is 17.2 Å². The summed E-state index contributed by atoms with van der Waals surface area (Å²) in [5.41, 5.74) is 8.87. The molecule has 2 heterocycles. The third-order valence-corrected chi connectivity index (χ3v) is 5.98. The topological polar surface area (TPSA) is 130 Å². The van der Waals surface area contributed by atoms with Crippen molar-refractivity contribution in [1.82, 2.24) is 4.98 Å². The number of aliphatic hydroxyl groups excluding tert-OH is 1. The van der Waals surface area contributed by atoms with Gasteiger partial charge in [-0.3, -0.25) is 4.79 Å². The lowest BCUT2D eigenvalue weighted by molar-refractivity contribution is -0.0521. The Morgan fingerprint density at radius 2 is 2.00 bits per heavy atom. The number of hydrogen-bond donors (Lipinski definition) is 3. The zero-order valence-electron chi connectivity index (χ0n) is 18.1.